The quantitative estimate of drug-likeness (QED) is 0.369. The molecular weight excluding hydrogens is 397 g/mol. The van der Waals surface area contributed by atoms with Gasteiger partial charge in [-0.25, -0.2) is 0 Å². The van der Waals surface area contributed by atoms with Crippen LogP contribution in [0.15, 0.2) is 47.0 Å². The van der Waals surface area contributed by atoms with E-state index in [9.17, 15) is 10.1 Å². The summed E-state index contributed by atoms with van der Waals surface area (Å²) in [6, 6.07) is 12.5. The summed E-state index contributed by atoms with van der Waals surface area (Å²) >= 11 is 2.22. The van der Waals surface area contributed by atoms with Crippen molar-refractivity contribution in [2.24, 2.45) is 0 Å². The number of aromatic nitrogens is 2. The predicted molar refractivity (Wildman–Crippen MR) is 89.3 cm³/mol. The van der Waals surface area contributed by atoms with Crippen LogP contribution in [-0.4, -0.2) is 15.1 Å². The van der Waals surface area contributed by atoms with Gasteiger partial charge >= 0.3 is 0 Å². The maximum Gasteiger partial charge on any atom is 0.272 e. The lowest BCUT2D eigenvalue weighted by atomic mass is 10.1. The minimum absolute atomic E-state index is 0.0705. The molecule has 0 saturated carbocycles. The summed E-state index contributed by atoms with van der Waals surface area (Å²) in [5.41, 5.74) is 2.14. The summed E-state index contributed by atoms with van der Waals surface area (Å²) < 4.78 is 6.38. The summed E-state index contributed by atoms with van der Waals surface area (Å²) in [7, 11) is 0. The van der Waals surface area contributed by atoms with Crippen LogP contribution in [0.1, 0.15) is 5.56 Å². The fourth-order valence-electron chi connectivity index (χ4n) is 2.05. The van der Waals surface area contributed by atoms with Crippen LogP contribution < -0.4 is 0 Å². The van der Waals surface area contributed by atoms with Crippen molar-refractivity contribution in [2.45, 2.75) is 6.92 Å². The van der Waals surface area contributed by atoms with E-state index in [1.54, 1.807) is 19.1 Å². The number of hydrogen-bond donors (Lipinski definition) is 0. The zero-order valence-corrected chi connectivity index (χ0v) is 13.6. The maximum absolute atomic E-state index is 10.8. The molecule has 0 spiro atoms. The van der Waals surface area contributed by atoms with Gasteiger partial charge < -0.3 is 4.52 Å². The topological polar surface area (TPSA) is 82.1 Å². The molecule has 0 N–H and O–H groups in total. The van der Waals surface area contributed by atoms with E-state index in [0.717, 1.165) is 9.13 Å². The van der Waals surface area contributed by atoms with E-state index in [1.165, 1.54) is 6.07 Å². The number of halogens is 1. The van der Waals surface area contributed by atoms with Gasteiger partial charge in [-0.15, -0.1) is 0 Å². The Bertz CT molecular complexity index is 843. The summed E-state index contributed by atoms with van der Waals surface area (Å²) in [5.74, 6) is 0.828. The first kappa shape index (κ1) is 14.6. The number of benzene rings is 2. The molecule has 110 valence electrons. The van der Waals surface area contributed by atoms with E-state index < -0.39 is 4.92 Å². The Kier molecular flexibility index (Phi) is 3.88. The highest BCUT2D eigenvalue weighted by atomic mass is 127. The fourth-order valence-corrected chi connectivity index (χ4v) is 2.41. The van der Waals surface area contributed by atoms with Crippen LogP contribution >= 0.6 is 22.6 Å². The zero-order chi connectivity index (χ0) is 15.7. The molecule has 0 aliphatic rings. The van der Waals surface area contributed by atoms with Gasteiger partial charge in [0.15, 0.2) is 0 Å². The van der Waals surface area contributed by atoms with Gasteiger partial charge in [0.05, 0.1) is 4.92 Å². The first-order valence-corrected chi connectivity index (χ1v) is 7.47. The Hall–Kier alpha value is -2.29. The number of aryl methyl sites for hydroxylation is 1. The number of hydrogen-bond acceptors (Lipinski definition) is 5. The summed E-state index contributed by atoms with van der Waals surface area (Å²) in [6.45, 7) is 1.68. The molecule has 6 nitrogen and oxygen atoms in total. The highest BCUT2D eigenvalue weighted by Crippen LogP contribution is 2.27. The van der Waals surface area contributed by atoms with Crippen molar-refractivity contribution >= 4 is 28.3 Å². The second kappa shape index (κ2) is 5.84. The molecule has 0 fully saturated rings. The van der Waals surface area contributed by atoms with Crippen LogP contribution in [0.25, 0.3) is 22.8 Å². The molecular formula is C15H10IN3O3. The van der Waals surface area contributed by atoms with Crippen LogP contribution in [-0.2, 0) is 0 Å². The minimum atomic E-state index is -0.413. The predicted octanol–water partition coefficient (Wildman–Crippen LogP) is 4.22. The highest BCUT2D eigenvalue weighted by Gasteiger charge is 2.15. The molecule has 3 rings (SSSR count). The van der Waals surface area contributed by atoms with Gasteiger partial charge in [0.1, 0.15) is 0 Å². The smallest absolute Gasteiger partial charge is 0.272 e. The normalized spacial score (nSPS) is 10.6. The molecule has 1 heterocycles. The van der Waals surface area contributed by atoms with Crippen molar-refractivity contribution in [3.63, 3.8) is 0 Å². The van der Waals surface area contributed by atoms with Gasteiger partial charge in [-0.05, 0) is 53.8 Å². The SMILES string of the molecule is Cc1cc(-c2nc(-c3ccc(I)cc3)no2)ccc1[N+](=O)[O-]. The van der Waals surface area contributed by atoms with Crippen LogP contribution in [0, 0.1) is 20.6 Å². The number of rotatable bonds is 3. The molecule has 0 atom stereocenters. The van der Waals surface area contributed by atoms with Gasteiger partial charge in [-0.2, -0.15) is 4.98 Å². The van der Waals surface area contributed by atoms with E-state index in [4.69, 9.17) is 4.52 Å². The van der Waals surface area contributed by atoms with Gasteiger partial charge in [0.2, 0.25) is 5.82 Å². The van der Waals surface area contributed by atoms with Crippen LogP contribution in [0.5, 0.6) is 0 Å². The molecule has 0 radical (unpaired) electrons. The van der Waals surface area contributed by atoms with E-state index in [0.29, 0.717) is 22.8 Å². The maximum atomic E-state index is 10.8. The third kappa shape index (κ3) is 2.84. The van der Waals surface area contributed by atoms with Crippen molar-refractivity contribution in [2.75, 3.05) is 0 Å². The van der Waals surface area contributed by atoms with Crippen molar-refractivity contribution in [3.05, 3.63) is 61.7 Å². The van der Waals surface area contributed by atoms with Crippen molar-refractivity contribution in [1.29, 1.82) is 0 Å². The molecule has 2 aromatic carbocycles. The number of nitrogens with zero attached hydrogens (tertiary/aromatic N) is 3. The molecule has 0 aliphatic heterocycles. The molecule has 0 aliphatic carbocycles. The Labute approximate surface area is 139 Å². The highest BCUT2D eigenvalue weighted by molar-refractivity contribution is 14.1. The van der Waals surface area contributed by atoms with Crippen LogP contribution in [0.4, 0.5) is 5.69 Å². The monoisotopic (exact) mass is 407 g/mol. The molecule has 0 amide bonds. The Morgan fingerprint density at radius 1 is 1.14 bits per heavy atom. The van der Waals surface area contributed by atoms with E-state index in [-0.39, 0.29) is 5.69 Å². The van der Waals surface area contributed by atoms with Gasteiger partial charge in [-0.1, -0.05) is 17.3 Å². The van der Waals surface area contributed by atoms with Crippen LogP contribution in [0.3, 0.4) is 0 Å². The largest absolute Gasteiger partial charge is 0.334 e. The molecule has 7 heteroatoms. The number of nitro groups is 1. The van der Waals surface area contributed by atoms with Crippen molar-refractivity contribution < 1.29 is 9.45 Å². The summed E-state index contributed by atoms with van der Waals surface area (Å²) in [5, 5.41) is 14.8. The fraction of sp³-hybridized carbons (Fsp3) is 0.0667. The average Bonchev–Trinajstić information content (AvgIpc) is 2.97. The average molecular weight is 407 g/mol. The van der Waals surface area contributed by atoms with Crippen LogP contribution in [0.2, 0.25) is 0 Å². The second-order valence-electron chi connectivity index (χ2n) is 4.69. The first-order chi connectivity index (χ1) is 10.5. The molecule has 0 saturated heterocycles. The summed E-state index contributed by atoms with van der Waals surface area (Å²) in [4.78, 5) is 14.8. The third-order valence-electron chi connectivity index (χ3n) is 3.17. The lowest BCUT2D eigenvalue weighted by Crippen LogP contribution is -1.91. The lowest BCUT2D eigenvalue weighted by Gasteiger charge is -1.98. The molecule has 3 aromatic rings. The Morgan fingerprint density at radius 3 is 2.45 bits per heavy atom. The standard InChI is InChI=1S/C15H10IN3O3/c1-9-8-11(4-7-13(9)19(20)21)15-17-14(18-22-15)10-2-5-12(16)6-3-10/h2-8H,1H3. The van der Waals surface area contributed by atoms with Gasteiger partial charge in [0.25, 0.3) is 11.6 Å². The number of nitro benzene ring substituents is 1. The Balaban J connectivity index is 1.95. The third-order valence-corrected chi connectivity index (χ3v) is 3.89. The van der Waals surface area contributed by atoms with Gasteiger partial charge in [-0.3, -0.25) is 10.1 Å². The summed E-state index contributed by atoms with van der Waals surface area (Å²) in [6.07, 6.45) is 0. The van der Waals surface area contributed by atoms with E-state index in [2.05, 4.69) is 32.7 Å². The minimum Gasteiger partial charge on any atom is -0.334 e. The van der Waals surface area contributed by atoms with E-state index >= 15 is 0 Å². The van der Waals surface area contributed by atoms with Crippen molar-refractivity contribution in [3.8, 4) is 22.8 Å². The lowest BCUT2D eigenvalue weighted by molar-refractivity contribution is -0.385. The zero-order valence-electron chi connectivity index (χ0n) is 11.5. The first-order valence-electron chi connectivity index (χ1n) is 6.39. The second-order valence-corrected chi connectivity index (χ2v) is 5.93. The van der Waals surface area contributed by atoms with E-state index in [1.807, 2.05) is 24.3 Å². The molecule has 1 aromatic heterocycles. The Morgan fingerprint density at radius 2 is 1.82 bits per heavy atom. The molecule has 0 unspecified atom stereocenters. The molecule has 22 heavy (non-hydrogen) atoms. The molecule has 0 bridgehead atoms. The van der Waals surface area contributed by atoms with Crippen molar-refractivity contribution in [1.82, 2.24) is 10.1 Å². The van der Waals surface area contributed by atoms with Gasteiger partial charge in [0, 0.05) is 26.3 Å².